The number of aliphatic hydroxyl groups excluding tert-OH is 1. The highest BCUT2D eigenvalue weighted by molar-refractivity contribution is 7.13. The maximum absolute atomic E-state index is 13.2. The highest BCUT2D eigenvalue weighted by Crippen LogP contribution is 2.34. The highest BCUT2D eigenvalue weighted by atomic mass is 32.1. The van der Waals surface area contributed by atoms with Crippen molar-refractivity contribution in [3.63, 3.8) is 0 Å². The van der Waals surface area contributed by atoms with E-state index in [0.29, 0.717) is 12.5 Å². The average Bonchev–Trinajstić information content (AvgIpc) is 3.53. The maximum Gasteiger partial charge on any atom is 0.243 e. The van der Waals surface area contributed by atoms with E-state index in [1.165, 1.54) is 16.0 Å². The summed E-state index contributed by atoms with van der Waals surface area (Å²) >= 11 is 1.65. The first-order chi connectivity index (χ1) is 17.8. The second-order valence-corrected chi connectivity index (χ2v) is 11.2. The molecule has 0 saturated carbocycles. The van der Waals surface area contributed by atoms with Crippen LogP contribution in [-0.4, -0.2) is 58.6 Å². The van der Waals surface area contributed by atoms with E-state index in [1.807, 2.05) is 47.1 Å². The molecule has 1 aromatic carbocycles. The van der Waals surface area contributed by atoms with Crippen LogP contribution >= 0.6 is 11.3 Å². The van der Waals surface area contributed by atoms with Gasteiger partial charge in [-0.3, -0.25) is 9.59 Å². The van der Waals surface area contributed by atoms with Crippen molar-refractivity contribution in [3.05, 3.63) is 40.5 Å². The van der Waals surface area contributed by atoms with Gasteiger partial charge in [0.2, 0.25) is 11.8 Å². The summed E-state index contributed by atoms with van der Waals surface area (Å²) in [4.78, 5) is 33.4. The molecule has 1 aromatic heterocycles. The summed E-state index contributed by atoms with van der Waals surface area (Å²) in [7, 11) is 0. The number of amides is 2. The van der Waals surface area contributed by atoms with Crippen molar-refractivity contribution in [3.8, 4) is 10.4 Å². The summed E-state index contributed by atoms with van der Waals surface area (Å²) in [6.45, 7) is 14.5. The first-order valence-corrected chi connectivity index (χ1v) is 14.6. The molecule has 3 atom stereocenters. The van der Waals surface area contributed by atoms with E-state index in [4.69, 9.17) is 0 Å². The van der Waals surface area contributed by atoms with Gasteiger partial charge in [-0.25, -0.2) is 4.98 Å². The van der Waals surface area contributed by atoms with Crippen molar-refractivity contribution >= 4 is 23.2 Å². The molecule has 0 aliphatic carbocycles. The first-order valence-electron chi connectivity index (χ1n) is 13.8. The Morgan fingerprint density at radius 2 is 1.92 bits per heavy atom. The molecule has 7 nitrogen and oxygen atoms in total. The lowest BCUT2D eigenvalue weighted by molar-refractivity contribution is -0.142. The Bertz CT molecular complexity index is 1050. The number of carbonyl (C=O) groups excluding carboxylic acids is 2. The van der Waals surface area contributed by atoms with Crippen LogP contribution in [0.2, 0.25) is 0 Å². The zero-order valence-corrected chi connectivity index (χ0v) is 24.0. The van der Waals surface area contributed by atoms with Crippen LogP contribution in [0.1, 0.15) is 76.6 Å². The summed E-state index contributed by atoms with van der Waals surface area (Å²) < 4.78 is 0. The number of aromatic nitrogens is 1. The lowest BCUT2D eigenvalue weighted by Crippen LogP contribution is -2.48. The number of rotatable bonds is 7. The molecule has 0 radical (unpaired) electrons. The molecule has 2 fully saturated rings. The van der Waals surface area contributed by atoms with Gasteiger partial charge in [0.15, 0.2) is 0 Å². The number of aryl methyl sites for hydroxylation is 1. The first kappa shape index (κ1) is 29.3. The van der Waals surface area contributed by atoms with Gasteiger partial charge < -0.3 is 20.6 Å². The van der Waals surface area contributed by atoms with Gasteiger partial charge in [0.1, 0.15) is 6.04 Å². The zero-order valence-electron chi connectivity index (χ0n) is 23.2. The van der Waals surface area contributed by atoms with Gasteiger partial charge in [0.25, 0.3) is 0 Å². The molecule has 4 rings (SSSR count). The SMILES string of the molecule is CC.Cc1ncsc1-c1ccc(CNC(=O)C2CC(O)CN2C(=O)C(C)C(C)C)c(C2CCNCC2)c1. The highest BCUT2D eigenvalue weighted by Gasteiger charge is 2.40. The Morgan fingerprint density at radius 1 is 1.22 bits per heavy atom. The largest absolute Gasteiger partial charge is 0.391 e. The number of hydrogen-bond donors (Lipinski definition) is 3. The quantitative estimate of drug-likeness (QED) is 0.493. The summed E-state index contributed by atoms with van der Waals surface area (Å²) in [6, 6.07) is 5.89. The number of hydrogen-bond acceptors (Lipinski definition) is 6. The van der Waals surface area contributed by atoms with E-state index in [2.05, 4.69) is 33.8 Å². The number of aliphatic hydroxyl groups is 1. The lowest BCUT2D eigenvalue weighted by atomic mass is 9.85. The van der Waals surface area contributed by atoms with Gasteiger partial charge in [-0.05, 0) is 67.4 Å². The number of thiazole rings is 1. The number of nitrogens with zero attached hydrogens (tertiary/aromatic N) is 2. The number of piperidine rings is 1. The van der Waals surface area contributed by atoms with Crippen molar-refractivity contribution in [1.29, 1.82) is 0 Å². The van der Waals surface area contributed by atoms with Crippen molar-refractivity contribution in [2.24, 2.45) is 11.8 Å². The summed E-state index contributed by atoms with van der Waals surface area (Å²) in [5, 5.41) is 16.8. The number of β-amino-alcohol motifs (C(OH)–C–C–N with tert-alkyl or cyclic N) is 1. The van der Waals surface area contributed by atoms with Gasteiger partial charge >= 0.3 is 0 Å². The molecule has 3 unspecified atom stereocenters. The minimum atomic E-state index is -0.665. The average molecular weight is 529 g/mol. The van der Waals surface area contributed by atoms with Crippen LogP contribution in [0, 0.1) is 18.8 Å². The van der Waals surface area contributed by atoms with Gasteiger partial charge in [-0.2, -0.15) is 0 Å². The molecule has 0 bridgehead atoms. The topological polar surface area (TPSA) is 94.6 Å². The smallest absolute Gasteiger partial charge is 0.243 e. The molecule has 0 spiro atoms. The predicted molar refractivity (Wildman–Crippen MR) is 150 cm³/mol. The van der Waals surface area contributed by atoms with Crippen LogP contribution in [-0.2, 0) is 16.1 Å². The van der Waals surface area contributed by atoms with E-state index in [9.17, 15) is 14.7 Å². The number of nitrogens with one attached hydrogen (secondary N) is 2. The summed E-state index contributed by atoms with van der Waals surface area (Å²) in [6.07, 6.45) is 1.75. The fourth-order valence-electron chi connectivity index (χ4n) is 5.14. The Labute approximate surface area is 226 Å². The summed E-state index contributed by atoms with van der Waals surface area (Å²) in [5.41, 5.74) is 6.49. The van der Waals surface area contributed by atoms with E-state index < -0.39 is 12.1 Å². The van der Waals surface area contributed by atoms with Crippen LogP contribution in [0.3, 0.4) is 0 Å². The normalized spacial score (nSPS) is 20.9. The third-order valence-electron chi connectivity index (χ3n) is 7.64. The van der Waals surface area contributed by atoms with Crippen LogP contribution < -0.4 is 10.6 Å². The van der Waals surface area contributed by atoms with Crippen molar-refractivity contribution < 1.29 is 14.7 Å². The van der Waals surface area contributed by atoms with Crippen LogP contribution in [0.4, 0.5) is 0 Å². The fraction of sp³-hybridized carbons (Fsp3) is 0.621. The third kappa shape index (κ3) is 6.98. The van der Waals surface area contributed by atoms with Gasteiger partial charge in [0, 0.05) is 25.4 Å². The molecule has 2 aliphatic heterocycles. The van der Waals surface area contributed by atoms with Crippen molar-refractivity contribution in [2.75, 3.05) is 19.6 Å². The van der Waals surface area contributed by atoms with Crippen molar-refractivity contribution in [2.45, 2.75) is 85.4 Å². The third-order valence-corrected chi connectivity index (χ3v) is 8.62. The van der Waals surface area contributed by atoms with E-state index in [1.54, 1.807) is 16.2 Å². The van der Waals surface area contributed by atoms with E-state index >= 15 is 0 Å². The Hall–Kier alpha value is -2.29. The molecule has 204 valence electrons. The van der Waals surface area contributed by atoms with Gasteiger partial charge in [0.05, 0.1) is 22.2 Å². The predicted octanol–water partition coefficient (Wildman–Crippen LogP) is 4.48. The Kier molecular flexibility index (Phi) is 10.7. The Balaban J connectivity index is 0.00000186. The number of benzene rings is 1. The number of carbonyl (C=O) groups is 2. The number of likely N-dealkylation sites (tertiary alicyclic amines) is 1. The molecule has 3 heterocycles. The molecule has 2 saturated heterocycles. The molecular formula is C29H44N4O3S. The second kappa shape index (κ2) is 13.5. The molecule has 2 aliphatic rings. The van der Waals surface area contributed by atoms with Gasteiger partial charge in [-0.1, -0.05) is 46.8 Å². The molecule has 3 N–H and O–H groups in total. The standard InChI is InChI=1S/C27H38N4O3S.C2H6/c1-16(2)17(3)27(34)31-14-22(32)12-24(31)26(33)29-13-21-6-5-20(25-18(4)30-15-35-25)11-23(21)19-7-9-28-10-8-19;1-2/h5-6,11,15-17,19,22,24,28,32H,7-10,12-14H2,1-4H3,(H,29,33);1-2H3. The molecular weight excluding hydrogens is 484 g/mol. The lowest BCUT2D eigenvalue weighted by Gasteiger charge is -2.28. The van der Waals surface area contributed by atoms with Crippen LogP contribution in [0.15, 0.2) is 23.7 Å². The monoisotopic (exact) mass is 528 g/mol. The fourth-order valence-corrected chi connectivity index (χ4v) is 5.94. The van der Waals surface area contributed by atoms with Gasteiger partial charge in [-0.15, -0.1) is 11.3 Å². The second-order valence-electron chi connectivity index (χ2n) is 10.4. The zero-order chi connectivity index (χ0) is 27.1. The van der Waals surface area contributed by atoms with E-state index in [0.717, 1.165) is 37.2 Å². The summed E-state index contributed by atoms with van der Waals surface area (Å²) in [5.74, 6) is 0.178. The molecule has 2 amide bonds. The molecule has 37 heavy (non-hydrogen) atoms. The molecule has 2 aromatic rings. The minimum Gasteiger partial charge on any atom is -0.391 e. The van der Waals surface area contributed by atoms with E-state index in [-0.39, 0.29) is 36.6 Å². The van der Waals surface area contributed by atoms with Crippen LogP contribution in [0.5, 0.6) is 0 Å². The maximum atomic E-state index is 13.2. The minimum absolute atomic E-state index is 0.0589. The Morgan fingerprint density at radius 3 is 2.54 bits per heavy atom. The molecule has 8 heteroatoms. The van der Waals surface area contributed by atoms with Crippen LogP contribution in [0.25, 0.3) is 10.4 Å². The van der Waals surface area contributed by atoms with Crippen molar-refractivity contribution in [1.82, 2.24) is 20.5 Å².